The third-order valence-corrected chi connectivity index (χ3v) is 4.04. The fourth-order valence-electron chi connectivity index (χ4n) is 2.81. The van der Waals surface area contributed by atoms with Crippen molar-refractivity contribution in [2.24, 2.45) is 0 Å². The molecular formula is C21H13NO4. The fourth-order valence-corrected chi connectivity index (χ4v) is 2.81. The van der Waals surface area contributed by atoms with Crippen molar-refractivity contribution >= 4 is 5.97 Å². The predicted octanol–water partition coefficient (Wildman–Crippen LogP) is 4.17. The molecule has 0 radical (unpaired) electrons. The molecule has 126 valence electrons. The molecule has 0 aliphatic carbocycles. The van der Waals surface area contributed by atoms with Crippen molar-refractivity contribution in [3.05, 3.63) is 77.9 Å². The number of fused-ring (bicyclic) bond motifs is 1. The normalized spacial score (nSPS) is 11.7. The van der Waals surface area contributed by atoms with Crippen LogP contribution in [0.4, 0.5) is 0 Å². The van der Waals surface area contributed by atoms with Crippen LogP contribution in [0.3, 0.4) is 0 Å². The summed E-state index contributed by atoms with van der Waals surface area (Å²) in [5.74, 6) is 1.02. The third-order valence-electron chi connectivity index (χ3n) is 4.04. The molecule has 1 aliphatic rings. The second kappa shape index (κ2) is 6.61. The van der Waals surface area contributed by atoms with Crippen LogP contribution < -0.4 is 14.2 Å². The Morgan fingerprint density at radius 2 is 1.65 bits per heavy atom. The minimum absolute atomic E-state index is 0.153. The van der Waals surface area contributed by atoms with Crippen molar-refractivity contribution < 1.29 is 19.0 Å². The van der Waals surface area contributed by atoms with Gasteiger partial charge in [-0.3, -0.25) is 0 Å². The number of hydrogen-bond donors (Lipinski definition) is 0. The predicted molar refractivity (Wildman–Crippen MR) is 94.1 cm³/mol. The molecule has 1 aliphatic heterocycles. The Hall–Kier alpha value is -3.78. The topological polar surface area (TPSA) is 68.6 Å². The molecule has 26 heavy (non-hydrogen) atoms. The molecule has 0 atom stereocenters. The van der Waals surface area contributed by atoms with Gasteiger partial charge in [0.05, 0.1) is 17.2 Å². The standard InChI is InChI=1S/C21H13NO4/c22-12-14-5-1-2-6-16(14)17-7-3-4-8-18(17)21(23)26-15-9-10-19-20(11-15)25-13-24-19/h1-11H,13H2. The number of hydrogen-bond acceptors (Lipinski definition) is 5. The maximum Gasteiger partial charge on any atom is 0.344 e. The van der Waals surface area contributed by atoms with Gasteiger partial charge in [-0.15, -0.1) is 0 Å². The van der Waals surface area contributed by atoms with Crippen LogP contribution in [-0.4, -0.2) is 12.8 Å². The minimum Gasteiger partial charge on any atom is -0.454 e. The Bertz CT molecular complexity index is 1040. The summed E-state index contributed by atoms with van der Waals surface area (Å²) in [7, 11) is 0. The van der Waals surface area contributed by atoms with Gasteiger partial charge in [-0.1, -0.05) is 36.4 Å². The Labute approximate surface area is 150 Å². The lowest BCUT2D eigenvalue weighted by molar-refractivity contribution is 0.0735. The summed E-state index contributed by atoms with van der Waals surface area (Å²) >= 11 is 0. The molecule has 3 aromatic carbocycles. The SMILES string of the molecule is N#Cc1ccccc1-c1ccccc1C(=O)Oc1ccc2c(c1)OCO2. The lowest BCUT2D eigenvalue weighted by Crippen LogP contribution is -2.10. The number of benzene rings is 3. The number of nitriles is 1. The molecule has 0 N–H and O–H groups in total. The summed E-state index contributed by atoms with van der Waals surface area (Å²) in [6, 6.07) is 21.3. The van der Waals surface area contributed by atoms with E-state index >= 15 is 0 Å². The third kappa shape index (κ3) is 2.85. The number of esters is 1. The number of rotatable bonds is 3. The van der Waals surface area contributed by atoms with E-state index in [0.717, 1.165) is 0 Å². The molecule has 0 aromatic heterocycles. The van der Waals surface area contributed by atoms with Gasteiger partial charge in [0.15, 0.2) is 11.5 Å². The highest BCUT2D eigenvalue weighted by atomic mass is 16.7. The van der Waals surface area contributed by atoms with Gasteiger partial charge < -0.3 is 14.2 Å². The van der Waals surface area contributed by atoms with E-state index in [4.69, 9.17) is 14.2 Å². The van der Waals surface area contributed by atoms with E-state index in [9.17, 15) is 10.1 Å². The molecule has 0 unspecified atom stereocenters. The van der Waals surface area contributed by atoms with E-state index in [2.05, 4.69) is 6.07 Å². The molecule has 1 heterocycles. The van der Waals surface area contributed by atoms with Crippen LogP contribution in [0.15, 0.2) is 66.7 Å². The molecule has 5 nitrogen and oxygen atoms in total. The average Bonchev–Trinajstić information content (AvgIpc) is 3.15. The van der Waals surface area contributed by atoms with E-state index in [-0.39, 0.29) is 6.79 Å². The first kappa shape index (κ1) is 15.7. The van der Waals surface area contributed by atoms with Crippen LogP contribution >= 0.6 is 0 Å². The second-order valence-corrected chi connectivity index (χ2v) is 5.61. The number of carbonyl (C=O) groups excluding carboxylic acids is 1. The molecule has 5 heteroatoms. The molecule has 0 bridgehead atoms. The van der Waals surface area contributed by atoms with E-state index in [1.54, 1.807) is 48.5 Å². The fraction of sp³-hybridized carbons (Fsp3) is 0.0476. The summed E-state index contributed by atoms with van der Waals surface area (Å²) < 4.78 is 16.1. The zero-order chi connectivity index (χ0) is 17.9. The van der Waals surface area contributed by atoms with Gasteiger partial charge in [0.2, 0.25) is 6.79 Å². The summed E-state index contributed by atoms with van der Waals surface area (Å²) in [5, 5.41) is 9.34. The van der Waals surface area contributed by atoms with Crippen molar-refractivity contribution in [2.75, 3.05) is 6.79 Å². The Morgan fingerprint density at radius 1 is 0.923 bits per heavy atom. The van der Waals surface area contributed by atoms with Crippen molar-refractivity contribution in [2.45, 2.75) is 0 Å². The highest BCUT2D eigenvalue weighted by Crippen LogP contribution is 2.35. The summed E-state index contributed by atoms with van der Waals surface area (Å²) in [6.45, 7) is 0.153. The second-order valence-electron chi connectivity index (χ2n) is 5.61. The highest BCUT2D eigenvalue weighted by molar-refractivity contribution is 5.99. The van der Waals surface area contributed by atoms with E-state index < -0.39 is 5.97 Å². The van der Waals surface area contributed by atoms with Gasteiger partial charge in [0.1, 0.15) is 5.75 Å². The molecule has 0 amide bonds. The smallest absolute Gasteiger partial charge is 0.344 e. The number of ether oxygens (including phenoxy) is 3. The van der Waals surface area contributed by atoms with Gasteiger partial charge in [0.25, 0.3) is 0 Å². The number of carbonyl (C=O) groups is 1. The van der Waals surface area contributed by atoms with Crippen molar-refractivity contribution in [3.63, 3.8) is 0 Å². The van der Waals surface area contributed by atoms with Crippen LogP contribution in [0.1, 0.15) is 15.9 Å². The largest absolute Gasteiger partial charge is 0.454 e. The molecule has 4 rings (SSSR count). The van der Waals surface area contributed by atoms with Gasteiger partial charge in [-0.2, -0.15) is 5.26 Å². The molecule has 0 spiro atoms. The van der Waals surface area contributed by atoms with Gasteiger partial charge in [-0.05, 0) is 29.8 Å². The van der Waals surface area contributed by atoms with Gasteiger partial charge in [-0.25, -0.2) is 4.79 Å². The van der Waals surface area contributed by atoms with Crippen molar-refractivity contribution in [1.29, 1.82) is 5.26 Å². The van der Waals surface area contributed by atoms with Crippen LogP contribution in [0.2, 0.25) is 0 Å². The Balaban J connectivity index is 1.68. The van der Waals surface area contributed by atoms with Crippen LogP contribution in [0.25, 0.3) is 11.1 Å². The first-order valence-corrected chi connectivity index (χ1v) is 7.96. The molecular weight excluding hydrogens is 330 g/mol. The average molecular weight is 343 g/mol. The molecule has 0 saturated carbocycles. The van der Waals surface area contributed by atoms with Gasteiger partial charge in [0, 0.05) is 11.6 Å². The molecule has 3 aromatic rings. The Morgan fingerprint density at radius 3 is 2.50 bits per heavy atom. The van der Waals surface area contributed by atoms with Crippen molar-refractivity contribution in [1.82, 2.24) is 0 Å². The summed E-state index contributed by atoms with van der Waals surface area (Å²) in [4.78, 5) is 12.7. The lowest BCUT2D eigenvalue weighted by Gasteiger charge is -2.11. The van der Waals surface area contributed by atoms with E-state index in [0.29, 0.717) is 39.5 Å². The maximum absolute atomic E-state index is 12.7. The summed E-state index contributed by atoms with van der Waals surface area (Å²) in [6.07, 6.45) is 0. The molecule has 0 saturated heterocycles. The zero-order valence-electron chi connectivity index (χ0n) is 13.6. The van der Waals surface area contributed by atoms with E-state index in [1.165, 1.54) is 0 Å². The lowest BCUT2D eigenvalue weighted by atomic mass is 9.96. The minimum atomic E-state index is -0.507. The van der Waals surface area contributed by atoms with Crippen LogP contribution in [0, 0.1) is 11.3 Å². The number of nitrogens with zero attached hydrogens (tertiary/aromatic N) is 1. The van der Waals surface area contributed by atoms with E-state index in [1.807, 2.05) is 18.2 Å². The Kier molecular flexibility index (Phi) is 4.00. The van der Waals surface area contributed by atoms with Crippen LogP contribution in [-0.2, 0) is 0 Å². The first-order chi connectivity index (χ1) is 12.8. The van der Waals surface area contributed by atoms with Gasteiger partial charge >= 0.3 is 5.97 Å². The molecule has 0 fully saturated rings. The first-order valence-electron chi connectivity index (χ1n) is 7.96. The highest BCUT2D eigenvalue weighted by Gasteiger charge is 2.19. The van der Waals surface area contributed by atoms with Crippen LogP contribution in [0.5, 0.6) is 17.2 Å². The quantitative estimate of drug-likeness (QED) is 0.527. The maximum atomic E-state index is 12.7. The summed E-state index contributed by atoms with van der Waals surface area (Å²) in [5.41, 5.74) is 2.22. The van der Waals surface area contributed by atoms with Crippen molar-refractivity contribution in [3.8, 4) is 34.4 Å². The monoisotopic (exact) mass is 343 g/mol. The zero-order valence-corrected chi connectivity index (χ0v) is 13.6.